The molecule has 1 N–H and O–H groups in total. The normalized spacial score (nSPS) is 10.6. The number of para-hydroxylation sites is 1. The molecule has 2 aromatic carbocycles. The summed E-state index contributed by atoms with van der Waals surface area (Å²) in [5.41, 5.74) is 2.51. The van der Waals surface area contributed by atoms with Gasteiger partial charge in [0.15, 0.2) is 0 Å². The van der Waals surface area contributed by atoms with E-state index in [9.17, 15) is 4.79 Å². The second-order valence-electron chi connectivity index (χ2n) is 4.52. The standard InChI is InChI=1S/C17H16ClNO2/c1-12-11-14(18)8-9-15(12)19-17(20)10-7-13-5-3-4-6-16(13)21-2/h3-11H,1-2H3,(H,19,20). The van der Waals surface area contributed by atoms with Gasteiger partial charge in [0.2, 0.25) is 5.91 Å². The third kappa shape index (κ3) is 4.10. The van der Waals surface area contributed by atoms with Crippen LogP contribution in [0.4, 0.5) is 5.69 Å². The highest BCUT2D eigenvalue weighted by Gasteiger charge is 2.03. The molecular formula is C17H16ClNO2. The van der Waals surface area contributed by atoms with Crippen molar-refractivity contribution in [2.24, 2.45) is 0 Å². The number of benzene rings is 2. The van der Waals surface area contributed by atoms with E-state index in [1.54, 1.807) is 31.4 Å². The van der Waals surface area contributed by atoms with Crippen molar-refractivity contribution in [3.63, 3.8) is 0 Å². The van der Waals surface area contributed by atoms with Gasteiger partial charge in [-0.05, 0) is 42.8 Å². The van der Waals surface area contributed by atoms with E-state index in [1.807, 2.05) is 31.2 Å². The van der Waals surface area contributed by atoms with Gasteiger partial charge in [-0.25, -0.2) is 0 Å². The highest BCUT2D eigenvalue weighted by molar-refractivity contribution is 6.30. The van der Waals surface area contributed by atoms with Crippen molar-refractivity contribution in [3.8, 4) is 5.75 Å². The lowest BCUT2D eigenvalue weighted by molar-refractivity contribution is -0.111. The van der Waals surface area contributed by atoms with Gasteiger partial charge in [-0.3, -0.25) is 4.79 Å². The third-order valence-electron chi connectivity index (χ3n) is 3.00. The van der Waals surface area contributed by atoms with E-state index in [-0.39, 0.29) is 5.91 Å². The Morgan fingerprint density at radius 3 is 2.71 bits per heavy atom. The molecule has 4 heteroatoms. The summed E-state index contributed by atoms with van der Waals surface area (Å²) in [5, 5.41) is 3.47. The fraction of sp³-hybridized carbons (Fsp3) is 0.118. The van der Waals surface area contributed by atoms with Crippen LogP contribution in [0.3, 0.4) is 0 Å². The number of carbonyl (C=O) groups is 1. The predicted octanol–water partition coefficient (Wildman–Crippen LogP) is 4.31. The van der Waals surface area contributed by atoms with E-state index < -0.39 is 0 Å². The molecule has 0 aliphatic heterocycles. The van der Waals surface area contributed by atoms with E-state index in [2.05, 4.69) is 5.32 Å². The topological polar surface area (TPSA) is 38.3 Å². The molecule has 0 heterocycles. The van der Waals surface area contributed by atoms with Crippen LogP contribution in [0.15, 0.2) is 48.5 Å². The smallest absolute Gasteiger partial charge is 0.248 e. The summed E-state index contributed by atoms with van der Waals surface area (Å²) in [6.45, 7) is 1.89. The van der Waals surface area contributed by atoms with Crippen LogP contribution in [0.25, 0.3) is 6.08 Å². The first kappa shape index (κ1) is 15.1. The number of nitrogens with one attached hydrogen (secondary N) is 1. The number of carbonyl (C=O) groups excluding carboxylic acids is 1. The first-order valence-electron chi connectivity index (χ1n) is 6.48. The fourth-order valence-electron chi connectivity index (χ4n) is 1.91. The van der Waals surface area contributed by atoms with Gasteiger partial charge in [-0.15, -0.1) is 0 Å². The van der Waals surface area contributed by atoms with Crippen LogP contribution >= 0.6 is 11.6 Å². The number of aryl methyl sites for hydroxylation is 1. The van der Waals surface area contributed by atoms with Gasteiger partial charge in [0.1, 0.15) is 5.75 Å². The van der Waals surface area contributed by atoms with Crippen molar-refractivity contribution >= 4 is 29.3 Å². The molecule has 0 unspecified atom stereocenters. The van der Waals surface area contributed by atoms with Gasteiger partial charge in [-0.1, -0.05) is 29.8 Å². The van der Waals surface area contributed by atoms with Gasteiger partial charge in [-0.2, -0.15) is 0 Å². The van der Waals surface area contributed by atoms with Crippen molar-refractivity contribution in [1.29, 1.82) is 0 Å². The lowest BCUT2D eigenvalue weighted by Crippen LogP contribution is -2.08. The van der Waals surface area contributed by atoms with Crippen molar-refractivity contribution < 1.29 is 9.53 Å². The highest BCUT2D eigenvalue weighted by Crippen LogP contribution is 2.20. The average molecular weight is 302 g/mol. The van der Waals surface area contributed by atoms with Crippen LogP contribution in [0, 0.1) is 6.92 Å². The summed E-state index contributed by atoms with van der Waals surface area (Å²) in [6.07, 6.45) is 3.20. The summed E-state index contributed by atoms with van der Waals surface area (Å²) in [5.74, 6) is 0.524. The first-order chi connectivity index (χ1) is 10.1. The molecule has 0 saturated carbocycles. The van der Waals surface area contributed by atoms with Gasteiger partial charge >= 0.3 is 0 Å². The minimum atomic E-state index is -0.202. The first-order valence-corrected chi connectivity index (χ1v) is 6.86. The van der Waals surface area contributed by atoms with Crippen LogP contribution in [-0.4, -0.2) is 13.0 Å². The maximum atomic E-state index is 12.0. The van der Waals surface area contributed by atoms with Crippen LogP contribution in [0.1, 0.15) is 11.1 Å². The Morgan fingerprint density at radius 1 is 1.24 bits per heavy atom. The Bertz CT molecular complexity index is 680. The lowest BCUT2D eigenvalue weighted by atomic mass is 10.2. The molecule has 0 atom stereocenters. The molecule has 0 aliphatic rings. The molecule has 0 aromatic heterocycles. The van der Waals surface area contributed by atoms with Gasteiger partial charge in [0, 0.05) is 22.3 Å². The second kappa shape index (κ2) is 6.95. The fourth-order valence-corrected chi connectivity index (χ4v) is 2.14. The molecule has 0 spiro atoms. The number of halogens is 1. The molecule has 2 aromatic rings. The van der Waals surface area contributed by atoms with Crippen LogP contribution in [-0.2, 0) is 4.79 Å². The van der Waals surface area contributed by atoms with E-state index >= 15 is 0 Å². The van der Waals surface area contributed by atoms with E-state index in [1.165, 1.54) is 6.08 Å². The van der Waals surface area contributed by atoms with E-state index in [4.69, 9.17) is 16.3 Å². The molecule has 0 radical (unpaired) electrons. The summed E-state index contributed by atoms with van der Waals surface area (Å²) in [7, 11) is 1.60. The zero-order valence-electron chi connectivity index (χ0n) is 11.9. The number of anilines is 1. The largest absolute Gasteiger partial charge is 0.496 e. The van der Waals surface area contributed by atoms with Gasteiger partial charge in [0.25, 0.3) is 0 Å². The number of rotatable bonds is 4. The number of amides is 1. The van der Waals surface area contributed by atoms with Gasteiger partial charge in [0.05, 0.1) is 7.11 Å². The maximum Gasteiger partial charge on any atom is 0.248 e. The number of methoxy groups -OCH3 is 1. The Kier molecular flexibility index (Phi) is 5.01. The summed E-state index contributed by atoms with van der Waals surface area (Å²) < 4.78 is 5.23. The van der Waals surface area contributed by atoms with Crippen molar-refractivity contribution in [2.75, 3.05) is 12.4 Å². The minimum Gasteiger partial charge on any atom is -0.496 e. The Morgan fingerprint density at radius 2 is 2.00 bits per heavy atom. The third-order valence-corrected chi connectivity index (χ3v) is 3.23. The predicted molar refractivity (Wildman–Crippen MR) is 86.8 cm³/mol. The maximum absolute atomic E-state index is 12.0. The quantitative estimate of drug-likeness (QED) is 0.855. The van der Waals surface area contributed by atoms with Crippen molar-refractivity contribution in [2.45, 2.75) is 6.92 Å². The van der Waals surface area contributed by atoms with Crippen LogP contribution in [0.5, 0.6) is 5.75 Å². The van der Waals surface area contributed by atoms with E-state index in [0.29, 0.717) is 5.02 Å². The monoisotopic (exact) mass is 301 g/mol. The lowest BCUT2D eigenvalue weighted by Gasteiger charge is -2.07. The molecular weight excluding hydrogens is 286 g/mol. The van der Waals surface area contributed by atoms with Crippen LogP contribution < -0.4 is 10.1 Å². The van der Waals surface area contributed by atoms with E-state index in [0.717, 1.165) is 22.6 Å². The number of hydrogen-bond acceptors (Lipinski definition) is 2. The Hall–Kier alpha value is -2.26. The molecule has 1 amide bonds. The summed E-state index contributed by atoms with van der Waals surface area (Å²) >= 11 is 5.89. The number of hydrogen-bond donors (Lipinski definition) is 1. The summed E-state index contributed by atoms with van der Waals surface area (Å²) in [6, 6.07) is 12.8. The molecule has 0 bridgehead atoms. The molecule has 0 aliphatic carbocycles. The Labute approximate surface area is 129 Å². The number of ether oxygens (including phenoxy) is 1. The highest BCUT2D eigenvalue weighted by atomic mass is 35.5. The van der Waals surface area contributed by atoms with Gasteiger partial charge < -0.3 is 10.1 Å². The molecule has 0 saturated heterocycles. The molecule has 0 fully saturated rings. The SMILES string of the molecule is COc1ccccc1C=CC(=O)Nc1ccc(Cl)cc1C. The zero-order chi connectivity index (χ0) is 15.2. The van der Waals surface area contributed by atoms with Crippen LogP contribution in [0.2, 0.25) is 5.02 Å². The van der Waals surface area contributed by atoms with Crippen molar-refractivity contribution in [1.82, 2.24) is 0 Å². The van der Waals surface area contributed by atoms with Crippen molar-refractivity contribution in [3.05, 3.63) is 64.7 Å². The Balaban J connectivity index is 2.09. The molecule has 108 valence electrons. The second-order valence-corrected chi connectivity index (χ2v) is 4.96. The molecule has 3 nitrogen and oxygen atoms in total. The molecule has 2 rings (SSSR count). The average Bonchev–Trinajstić information content (AvgIpc) is 2.48. The minimum absolute atomic E-state index is 0.202. The zero-order valence-corrected chi connectivity index (χ0v) is 12.6. The summed E-state index contributed by atoms with van der Waals surface area (Å²) in [4.78, 5) is 12.0. The molecule has 21 heavy (non-hydrogen) atoms.